The van der Waals surface area contributed by atoms with E-state index in [0.717, 1.165) is 171 Å². The van der Waals surface area contributed by atoms with Gasteiger partial charge in [0.25, 0.3) is 0 Å². The maximum atomic E-state index is 10.8. The lowest BCUT2D eigenvalue weighted by Crippen LogP contribution is -2.34. The lowest BCUT2D eigenvalue weighted by atomic mass is 9.86. The molecular formula is C74H104N4O8S4. The molecule has 0 saturated heterocycles. The predicted molar refractivity (Wildman–Crippen MR) is 364 cm³/mol. The van der Waals surface area contributed by atoms with Crippen LogP contribution in [0.4, 0.5) is 0 Å². The van der Waals surface area contributed by atoms with Gasteiger partial charge in [-0.2, -0.15) is 21.0 Å². The van der Waals surface area contributed by atoms with E-state index in [1.807, 2.05) is 22.7 Å². The summed E-state index contributed by atoms with van der Waals surface area (Å²) in [6.45, 7) is 27.6. The van der Waals surface area contributed by atoms with Crippen LogP contribution in [0.3, 0.4) is 0 Å². The topological polar surface area (TPSA) is 169 Å². The first-order valence-corrected chi connectivity index (χ1v) is 37.8. The van der Waals surface area contributed by atoms with Crippen LogP contribution in [0.5, 0.6) is 0 Å². The SMILES string of the molecule is CCCCOCC1(COCCCC)Cc2c(/c(=c3/s/c(=c4\s/c(=c5/sc(=C(C#N)C#N)c6c5CC(COCCCC)(COCCCC)C6)c5c4CC(COCCCC)(COCCCC)C5)c4c3CC(COCCCC)(COCCCC)C4)sc2=C(C#N)C#N)C1. The molecule has 0 fully saturated rings. The fraction of sp³-hybridized carbons (Fsp3) is 0.703. The molecule has 4 aliphatic carbocycles. The summed E-state index contributed by atoms with van der Waals surface area (Å²) in [5.41, 5.74) is 8.93. The summed E-state index contributed by atoms with van der Waals surface area (Å²) >= 11 is 7.07. The van der Waals surface area contributed by atoms with Gasteiger partial charge in [0, 0.05) is 102 Å². The van der Waals surface area contributed by atoms with Crippen LogP contribution in [-0.2, 0) is 89.3 Å². The molecule has 0 radical (unpaired) electrons. The number of rotatable bonds is 40. The highest BCUT2D eigenvalue weighted by molar-refractivity contribution is 7.14. The van der Waals surface area contributed by atoms with E-state index < -0.39 is 0 Å². The molecule has 90 heavy (non-hydrogen) atoms. The molecule has 4 aliphatic rings. The molecule has 0 amide bonds. The Balaban J connectivity index is 1.51. The van der Waals surface area contributed by atoms with Crippen LogP contribution in [-0.4, -0.2) is 106 Å². The number of thiophene rings is 4. The van der Waals surface area contributed by atoms with Gasteiger partial charge in [0.1, 0.15) is 35.4 Å². The Labute approximate surface area is 553 Å². The van der Waals surface area contributed by atoms with Gasteiger partial charge >= 0.3 is 0 Å². The number of unbranched alkanes of at least 4 members (excludes halogenated alkanes) is 8. The number of hydrogen-bond donors (Lipinski definition) is 0. The number of nitriles is 4. The largest absolute Gasteiger partial charge is 0.381 e. The van der Waals surface area contributed by atoms with Crippen molar-refractivity contribution in [3.8, 4) is 24.3 Å². The third-order valence-electron chi connectivity index (χ3n) is 18.8. The Kier molecular flexibility index (Phi) is 28.5. The average molecular weight is 1310 g/mol. The quantitative estimate of drug-likeness (QED) is 0.0387. The van der Waals surface area contributed by atoms with Gasteiger partial charge in [0.2, 0.25) is 0 Å². The van der Waals surface area contributed by atoms with E-state index >= 15 is 0 Å². The number of nitrogens with zero attached hydrogens (tertiary/aromatic N) is 4. The molecule has 492 valence electrons. The van der Waals surface area contributed by atoms with Crippen LogP contribution >= 0.6 is 45.3 Å². The molecule has 0 N–H and O–H groups in total. The Morgan fingerprint density at radius 3 is 0.622 bits per heavy atom. The van der Waals surface area contributed by atoms with Gasteiger partial charge in [-0.1, -0.05) is 107 Å². The average Bonchev–Trinajstić information content (AvgIpc) is 1.57. The predicted octanol–water partition coefficient (Wildman–Crippen LogP) is 15.1. The van der Waals surface area contributed by atoms with Crippen LogP contribution < -0.4 is 9.06 Å². The van der Waals surface area contributed by atoms with E-state index in [2.05, 4.69) is 79.7 Å². The summed E-state index contributed by atoms with van der Waals surface area (Å²) in [4.78, 5) is 0. The van der Waals surface area contributed by atoms with Gasteiger partial charge in [0.05, 0.1) is 61.9 Å². The van der Waals surface area contributed by atoms with Gasteiger partial charge < -0.3 is 37.9 Å². The summed E-state index contributed by atoms with van der Waals surface area (Å²) in [7, 11) is 0. The fourth-order valence-electron chi connectivity index (χ4n) is 13.8. The lowest BCUT2D eigenvalue weighted by Gasteiger charge is -2.29. The van der Waals surface area contributed by atoms with Crippen molar-refractivity contribution in [3.05, 3.63) is 80.8 Å². The number of ether oxygens (including phenoxy) is 8. The minimum absolute atomic E-state index is 0.160. The summed E-state index contributed by atoms with van der Waals surface area (Å²) in [5, 5.41) is 43.0. The van der Waals surface area contributed by atoms with Crippen molar-refractivity contribution in [2.45, 2.75) is 209 Å². The lowest BCUT2D eigenvalue weighted by molar-refractivity contribution is -0.0190. The first-order chi connectivity index (χ1) is 44.0. The second kappa shape index (κ2) is 35.6. The van der Waals surface area contributed by atoms with Gasteiger partial charge in [0.15, 0.2) is 0 Å². The van der Waals surface area contributed by atoms with E-state index in [1.165, 1.54) is 51.5 Å². The Morgan fingerprint density at radius 2 is 0.444 bits per heavy atom. The normalized spacial score (nSPS) is 17.4. The second-order valence-corrected chi connectivity index (χ2v) is 30.8. The van der Waals surface area contributed by atoms with Crippen LogP contribution in [0.1, 0.15) is 203 Å². The Bertz CT molecular complexity index is 3300. The summed E-state index contributed by atoms with van der Waals surface area (Å²) < 4.78 is 62.2. The zero-order valence-electron chi connectivity index (χ0n) is 56.0. The van der Waals surface area contributed by atoms with E-state index in [0.29, 0.717) is 119 Å². The van der Waals surface area contributed by atoms with Crippen molar-refractivity contribution in [1.29, 1.82) is 21.0 Å². The third-order valence-corrected chi connectivity index (χ3v) is 24.4. The van der Waals surface area contributed by atoms with Crippen LogP contribution in [0.2, 0.25) is 0 Å². The van der Waals surface area contributed by atoms with Gasteiger partial charge in [-0.15, -0.1) is 45.3 Å². The number of hydrogen-bond acceptors (Lipinski definition) is 16. The molecule has 16 heteroatoms. The highest BCUT2D eigenvalue weighted by atomic mass is 32.1. The summed E-state index contributed by atoms with van der Waals surface area (Å²) in [5.74, 6) is 0. The molecule has 0 saturated carbocycles. The zero-order chi connectivity index (χ0) is 64.0. The van der Waals surface area contributed by atoms with Gasteiger partial charge in [-0.25, -0.2) is 0 Å². The van der Waals surface area contributed by atoms with Crippen molar-refractivity contribution < 1.29 is 37.9 Å². The Morgan fingerprint density at radius 1 is 0.278 bits per heavy atom. The minimum Gasteiger partial charge on any atom is -0.381 e. The number of fused-ring (bicyclic) bond motifs is 4. The van der Waals surface area contributed by atoms with E-state index in [4.69, 9.17) is 37.9 Å². The fourth-order valence-corrected chi connectivity index (χ4v) is 19.6. The van der Waals surface area contributed by atoms with E-state index in [9.17, 15) is 21.0 Å². The highest BCUT2D eigenvalue weighted by Crippen LogP contribution is 2.49. The van der Waals surface area contributed by atoms with Crippen molar-refractivity contribution in [3.63, 3.8) is 0 Å². The highest BCUT2D eigenvalue weighted by Gasteiger charge is 2.46. The maximum Gasteiger partial charge on any atom is 0.147 e. The molecule has 4 heterocycles. The summed E-state index contributed by atoms with van der Waals surface area (Å²) in [6, 6.07) is 9.38. The van der Waals surface area contributed by atoms with Gasteiger partial charge in [-0.3, -0.25) is 0 Å². The Hall–Kier alpha value is -3.82. The molecule has 0 aliphatic heterocycles. The molecule has 0 atom stereocenters. The van der Waals surface area contributed by atoms with Crippen LogP contribution in [0.25, 0.3) is 11.1 Å². The van der Waals surface area contributed by atoms with Crippen molar-refractivity contribution in [1.82, 2.24) is 0 Å². The summed E-state index contributed by atoms with van der Waals surface area (Å²) in [6.07, 6.45) is 22.2. The molecule has 0 spiro atoms. The zero-order valence-corrected chi connectivity index (χ0v) is 59.2. The smallest absolute Gasteiger partial charge is 0.147 e. The molecule has 0 aromatic carbocycles. The monoisotopic (exact) mass is 1300 g/mol. The molecule has 8 rings (SSSR count). The van der Waals surface area contributed by atoms with Crippen LogP contribution in [0.15, 0.2) is 0 Å². The molecule has 4 aromatic rings. The van der Waals surface area contributed by atoms with Crippen molar-refractivity contribution in [2.24, 2.45) is 21.7 Å². The molecule has 0 unspecified atom stereocenters. The third kappa shape index (κ3) is 17.2. The minimum atomic E-state index is -0.354. The standard InChI is InChI=1S/C74H104N4O8S4/c1-9-17-25-79-45-71(46-80-26-18-10-2)33-55-57(35-71)65(87-63(55)53(41-75)42-76)67-59-37-73(49-83-29-21-13-5,50-84-30-22-14-6)39-61(59)69(89-67)70-62-40-74(51-85-31-23-15-7,52-86-32-24-16-8)38-60(62)68(90-70)66-58-36-72(47-81-27-19-11-3,48-82-28-20-12-4)34-56(58)64(88-66)54(43-77)44-78/h9-40,45-52H2,1-8H3/b67-65-,68-66+,70-69-. The van der Waals surface area contributed by atoms with Crippen LogP contribution in [0, 0.1) is 94.2 Å². The molecule has 0 bridgehead atoms. The first kappa shape index (κ1) is 72.0. The molecular weight excluding hydrogens is 1200 g/mol. The molecule has 4 aromatic heterocycles. The first-order valence-electron chi connectivity index (χ1n) is 34.5. The maximum absolute atomic E-state index is 10.8. The van der Waals surface area contributed by atoms with Gasteiger partial charge in [-0.05, 0) is 147 Å². The van der Waals surface area contributed by atoms with Crippen molar-refractivity contribution in [2.75, 3.05) is 106 Å². The second-order valence-electron chi connectivity index (χ2n) is 26.7. The van der Waals surface area contributed by atoms with E-state index in [1.54, 1.807) is 22.7 Å². The van der Waals surface area contributed by atoms with Crippen molar-refractivity contribution >= 4 is 56.5 Å². The van der Waals surface area contributed by atoms with E-state index in [-0.39, 0.29) is 32.8 Å². The molecule has 12 nitrogen and oxygen atoms in total.